The highest BCUT2D eigenvalue weighted by molar-refractivity contribution is 6.06. The van der Waals surface area contributed by atoms with Crippen LogP contribution in [0.25, 0.3) is 0 Å². The molecule has 2 N–H and O–H groups in total. The highest BCUT2D eigenvalue weighted by atomic mass is 16.5. The average molecular weight is 505 g/mol. The van der Waals surface area contributed by atoms with Gasteiger partial charge in [0, 0.05) is 24.5 Å². The zero-order chi connectivity index (χ0) is 25.8. The van der Waals surface area contributed by atoms with E-state index in [0.29, 0.717) is 60.7 Å². The van der Waals surface area contributed by atoms with Gasteiger partial charge in [0.2, 0.25) is 5.95 Å². The Morgan fingerprint density at radius 1 is 1.14 bits per heavy atom. The van der Waals surface area contributed by atoms with E-state index in [1.165, 1.54) is 13.4 Å². The summed E-state index contributed by atoms with van der Waals surface area (Å²) in [7, 11) is 1.53. The number of fused-ring (bicyclic) bond motifs is 1. The Bertz CT molecular complexity index is 1320. The number of methoxy groups -OCH3 is 1. The Balaban J connectivity index is 1.42. The number of anilines is 2. The van der Waals surface area contributed by atoms with Crippen molar-refractivity contribution in [1.29, 1.82) is 0 Å². The Kier molecular flexibility index (Phi) is 7.04. The topological polar surface area (TPSA) is 120 Å². The fraction of sp³-hybridized carbons (Fsp3) is 0.308. The lowest BCUT2D eigenvalue weighted by Gasteiger charge is -2.29. The molecule has 1 fully saturated rings. The molecule has 2 aliphatic heterocycles. The molecule has 3 heterocycles. The van der Waals surface area contributed by atoms with E-state index in [9.17, 15) is 9.59 Å². The molecule has 11 heteroatoms. The largest absolute Gasteiger partial charge is 0.493 e. The number of carbonyl (C=O) groups is 2. The van der Waals surface area contributed by atoms with Gasteiger partial charge in [-0.2, -0.15) is 10.1 Å². The molecule has 1 saturated heterocycles. The molecular weight excluding hydrogens is 476 g/mol. The number of morpholine rings is 1. The molecule has 1 aromatic heterocycles. The molecule has 0 radical (unpaired) electrons. The number of para-hydroxylation sites is 1. The molecule has 0 saturated carbocycles. The number of nitrogens with one attached hydrogen (secondary N) is 2. The molecule has 2 aromatic carbocycles. The Morgan fingerprint density at radius 2 is 1.92 bits per heavy atom. The van der Waals surface area contributed by atoms with Crippen LogP contribution in [-0.4, -0.2) is 71.5 Å². The van der Waals surface area contributed by atoms with E-state index in [2.05, 4.69) is 20.7 Å². The molecule has 1 atom stereocenters. The second-order valence-corrected chi connectivity index (χ2v) is 8.61. The molecule has 2 aliphatic rings. The summed E-state index contributed by atoms with van der Waals surface area (Å²) in [6.45, 7) is 3.87. The summed E-state index contributed by atoms with van der Waals surface area (Å²) < 4.78 is 18.4. The van der Waals surface area contributed by atoms with E-state index in [1.54, 1.807) is 21.7 Å². The summed E-state index contributed by atoms with van der Waals surface area (Å²) in [5.74, 6) is 1.01. The van der Waals surface area contributed by atoms with Crippen LogP contribution in [0.15, 0.2) is 66.1 Å². The van der Waals surface area contributed by atoms with Crippen LogP contribution in [0.2, 0.25) is 0 Å². The normalized spacial score (nSPS) is 17.0. The second kappa shape index (κ2) is 10.7. The predicted octanol–water partition coefficient (Wildman–Crippen LogP) is 2.45. The molecule has 0 bridgehead atoms. The lowest BCUT2D eigenvalue weighted by atomic mass is 9.94. The summed E-state index contributed by atoms with van der Waals surface area (Å²) >= 11 is 0. The lowest BCUT2D eigenvalue weighted by Crippen LogP contribution is -2.43. The van der Waals surface area contributed by atoms with E-state index in [1.807, 2.05) is 43.3 Å². The molecular formula is C26H28N6O5. The smallest absolute Gasteiger partial charge is 0.260 e. The zero-order valence-corrected chi connectivity index (χ0v) is 20.6. The molecule has 0 aliphatic carbocycles. The Labute approximate surface area is 214 Å². The lowest BCUT2D eigenvalue weighted by molar-refractivity contribution is -0.137. The summed E-state index contributed by atoms with van der Waals surface area (Å²) in [6.07, 6.45) is 1.44. The monoisotopic (exact) mass is 504 g/mol. The van der Waals surface area contributed by atoms with Crippen molar-refractivity contribution in [1.82, 2.24) is 19.7 Å². The standard InChI is InChI=1S/C26H28N6O5/c1-17-23(25(34)30-19-6-4-3-5-7-19)24(32-26(29-17)27-16-28-32)18-8-9-20(21(14-18)35-2)37-15-22(33)31-10-12-36-13-11-31/h3-9,14,16,24H,10-13,15H2,1-2H3,(H,30,34)(H,27,28,29)/t24-/m1/s1. The SMILES string of the molecule is COc1cc([C@@H]2C(C(=O)Nc3ccccc3)=C(C)Nc3ncnn32)ccc1OCC(=O)N1CCOCC1. The summed E-state index contributed by atoms with van der Waals surface area (Å²) in [4.78, 5) is 32.0. The number of benzene rings is 2. The first-order chi connectivity index (χ1) is 18.0. The van der Waals surface area contributed by atoms with Crippen molar-refractivity contribution in [2.24, 2.45) is 0 Å². The van der Waals surface area contributed by atoms with Crippen molar-refractivity contribution >= 4 is 23.5 Å². The number of rotatable bonds is 7. The number of hydrogen-bond acceptors (Lipinski definition) is 8. The minimum absolute atomic E-state index is 0.111. The van der Waals surface area contributed by atoms with Gasteiger partial charge < -0.3 is 29.7 Å². The molecule has 192 valence electrons. The second-order valence-electron chi connectivity index (χ2n) is 8.61. The third kappa shape index (κ3) is 5.12. The third-order valence-corrected chi connectivity index (χ3v) is 6.29. The molecule has 5 rings (SSSR count). The summed E-state index contributed by atoms with van der Waals surface area (Å²) in [5.41, 5.74) is 2.58. The Hall–Kier alpha value is -4.38. The first-order valence-electron chi connectivity index (χ1n) is 11.9. The van der Waals surface area contributed by atoms with Crippen LogP contribution in [0.5, 0.6) is 11.5 Å². The quantitative estimate of drug-likeness (QED) is 0.504. The van der Waals surface area contributed by atoms with Gasteiger partial charge in [-0.1, -0.05) is 24.3 Å². The van der Waals surface area contributed by atoms with Gasteiger partial charge in [0.05, 0.1) is 25.9 Å². The first kappa shape index (κ1) is 24.3. The number of carbonyl (C=O) groups excluding carboxylic acids is 2. The van der Waals surface area contributed by atoms with Gasteiger partial charge in [0.25, 0.3) is 11.8 Å². The average Bonchev–Trinajstić information content (AvgIpc) is 3.40. The minimum atomic E-state index is -0.569. The minimum Gasteiger partial charge on any atom is -0.493 e. The van der Waals surface area contributed by atoms with Gasteiger partial charge in [-0.05, 0) is 36.8 Å². The van der Waals surface area contributed by atoms with Gasteiger partial charge >= 0.3 is 0 Å². The van der Waals surface area contributed by atoms with Crippen molar-refractivity contribution in [2.75, 3.05) is 50.7 Å². The molecule has 11 nitrogen and oxygen atoms in total. The summed E-state index contributed by atoms with van der Waals surface area (Å²) in [6, 6.07) is 14.0. The fourth-order valence-corrected chi connectivity index (χ4v) is 4.43. The number of allylic oxidation sites excluding steroid dienone is 1. The maximum atomic E-state index is 13.5. The van der Waals surface area contributed by atoms with Crippen LogP contribution in [0, 0.1) is 0 Å². The van der Waals surface area contributed by atoms with E-state index in [4.69, 9.17) is 14.2 Å². The Morgan fingerprint density at radius 3 is 2.68 bits per heavy atom. The third-order valence-electron chi connectivity index (χ3n) is 6.29. The van der Waals surface area contributed by atoms with Crippen LogP contribution in [-0.2, 0) is 14.3 Å². The molecule has 37 heavy (non-hydrogen) atoms. The van der Waals surface area contributed by atoms with Crippen LogP contribution in [0.1, 0.15) is 18.5 Å². The van der Waals surface area contributed by atoms with Gasteiger partial charge in [0.1, 0.15) is 12.4 Å². The maximum absolute atomic E-state index is 13.5. The fourth-order valence-electron chi connectivity index (χ4n) is 4.43. The number of hydrogen-bond donors (Lipinski definition) is 2. The number of nitrogens with zero attached hydrogens (tertiary/aromatic N) is 4. The van der Waals surface area contributed by atoms with E-state index >= 15 is 0 Å². The molecule has 0 spiro atoms. The van der Waals surface area contributed by atoms with Gasteiger partial charge in [-0.15, -0.1) is 0 Å². The van der Waals surface area contributed by atoms with Crippen LogP contribution in [0.4, 0.5) is 11.6 Å². The van der Waals surface area contributed by atoms with E-state index in [-0.39, 0.29) is 18.4 Å². The van der Waals surface area contributed by atoms with Gasteiger partial charge in [-0.25, -0.2) is 4.68 Å². The number of aromatic nitrogens is 3. The zero-order valence-electron chi connectivity index (χ0n) is 20.6. The highest BCUT2D eigenvalue weighted by Crippen LogP contribution is 2.38. The predicted molar refractivity (Wildman–Crippen MR) is 135 cm³/mol. The highest BCUT2D eigenvalue weighted by Gasteiger charge is 2.34. The molecule has 3 aromatic rings. The first-order valence-corrected chi connectivity index (χ1v) is 11.9. The van der Waals surface area contributed by atoms with Crippen LogP contribution in [0.3, 0.4) is 0 Å². The van der Waals surface area contributed by atoms with Crippen molar-refractivity contribution in [3.05, 3.63) is 71.7 Å². The van der Waals surface area contributed by atoms with Crippen molar-refractivity contribution in [2.45, 2.75) is 13.0 Å². The van der Waals surface area contributed by atoms with Crippen LogP contribution >= 0.6 is 0 Å². The maximum Gasteiger partial charge on any atom is 0.260 e. The summed E-state index contributed by atoms with van der Waals surface area (Å²) in [5, 5.41) is 10.5. The van der Waals surface area contributed by atoms with E-state index < -0.39 is 6.04 Å². The van der Waals surface area contributed by atoms with Crippen molar-refractivity contribution in [3.63, 3.8) is 0 Å². The van der Waals surface area contributed by atoms with Crippen molar-refractivity contribution in [3.8, 4) is 11.5 Å². The number of amides is 2. The molecule has 2 amide bonds. The molecule has 0 unspecified atom stereocenters. The number of ether oxygens (including phenoxy) is 3. The van der Waals surface area contributed by atoms with Gasteiger partial charge in [-0.3, -0.25) is 9.59 Å². The van der Waals surface area contributed by atoms with Crippen molar-refractivity contribution < 1.29 is 23.8 Å². The van der Waals surface area contributed by atoms with Crippen LogP contribution < -0.4 is 20.1 Å². The van der Waals surface area contributed by atoms with E-state index in [0.717, 1.165) is 5.56 Å². The van der Waals surface area contributed by atoms with Gasteiger partial charge in [0.15, 0.2) is 18.1 Å².